The first-order valence-electron chi connectivity index (χ1n) is 5.25. The molecule has 0 saturated heterocycles. The van der Waals surface area contributed by atoms with Gasteiger partial charge in [0.15, 0.2) is 0 Å². The highest BCUT2D eigenvalue weighted by Crippen LogP contribution is 2.36. The predicted molar refractivity (Wildman–Crippen MR) is 62.7 cm³/mol. The molecule has 1 aliphatic heterocycles. The molecule has 1 N–H and O–H groups in total. The maximum Gasteiger partial charge on any atom is 0.127 e. The molecule has 0 spiro atoms. The summed E-state index contributed by atoms with van der Waals surface area (Å²) in [5, 5.41) is 5.75. The Morgan fingerprint density at radius 3 is 3.00 bits per heavy atom. The molecule has 2 aromatic rings. The predicted octanol–water partition coefficient (Wildman–Crippen LogP) is 2.82. The second kappa shape index (κ2) is 3.16. The zero-order valence-corrected chi connectivity index (χ0v) is 8.71. The summed E-state index contributed by atoms with van der Waals surface area (Å²) in [6, 6.07) is 10.6. The normalized spacial score (nSPS) is 13.7. The fourth-order valence-electron chi connectivity index (χ4n) is 2.27. The third-order valence-corrected chi connectivity index (χ3v) is 2.99. The molecule has 0 aliphatic carbocycles. The molecule has 0 unspecified atom stereocenters. The van der Waals surface area contributed by atoms with Crippen LogP contribution in [0.1, 0.15) is 5.56 Å². The SMILES string of the molecule is CNc1ccc2c3c(cccc13)CCO2. The van der Waals surface area contributed by atoms with Crippen LogP contribution in [0.25, 0.3) is 10.8 Å². The number of nitrogens with one attached hydrogen (secondary N) is 1. The van der Waals surface area contributed by atoms with Crippen molar-refractivity contribution >= 4 is 16.5 Å². The van der Waals surface area contributed by atoms with E-state index in [1.807, 2.05) is 7.05 Å². The van der Waals surface area contributed by atoms with Crippen molar-refractivity contribution in [1.82, 2.24) is 0 Å². The van der Waals surface area contributed by atoms with Crippen LogP contribution in [0.15, 0.2) is 30.3 Å². The fourth-order valence-corrected chi connectivity index (χ4v) is 2.27. The summed E-state index contributed by atoms with van der Waals surface area (Å²) in [6.07, 6.45) is 1.01. The van der Waals surface area contributed by atoms with Crippen LogP contribution >= 0.6 is 0 Å². The first-order chi connectivity index (χ1) is 7.40. The van der Waals surface area contributed by atoms with Gasteiger partial charge in [-0.3, -0.25) is 0 Å². The molecule has 76 valence electrons. The van der Waals surface area contributed by atoms with E-state index in [9.17, 15) is 0 Å². The molecule has 15 heavy (non-hydrogen) atoms. The van der Waals surface area contributed by atoms with Crippen molar-refractivity contribution in [3.8, 4) is 5.75 Å². The Bertz CT molecular complexity index is 509. The molecule has 2 aromatic carbocycles. The molecule has 0 atom stereocenters. The summed E-state index contributed by atoms with van der Waals surface area (Å²) < 4.78 is 5.67. The largest absolute Gasteiger partial charge is 0.493 e. The average Bonchev–Trinajstić information content (AvgIpc) is 2.30. The van der Waals surface area contributed by atoms with Gasteiger partial charge in [0.1, 0.15) is 5.75 Å². The van der Waals surface area contributed by atoms with Gasteiger partial charge < -0.3 is 10.1 Å². The molecule has 0 radical (unpaired) electrons. The summed E-state index contributed by atoms with van der Waals surface area (Å²) in [5.41, 5.74) is 2.56. The van der Waals surface area contributed by atoms with Crippen LogP contribution in [-0.2, 0) is 6.42 Å². The van der Waals surface area contributed by atoms with Crippen LogP contribution in [0.4, 0.5) is 5.69 Å². The topological polar surface area (TPSA) is 21.3 Å². The van der Waals surface area contributed by atoms with E-state index < -0.39 is 0 Å². The highest BCUT2D eigenvalue weighted by molar-refractivity contribution is 6.00. The second-order valence-electron chi connectivity index (χ2n) is 3.80. The lowest BCUT2D eigenvalue weighted by atomic mass is 9.98. The van der Waals surface area contributed by atoms with E-state index in [2.05, 4.69) is 35.6 Å². The molecule has 0 saturated carbocycles. The minimum atomic E-state index is 0.797. The number of hydrogen-bond acceptors (Lipinski definition) is 2. The van der Waals surface area contributed by atoms with Crippen LogP contribution in [0.2, 0.25) is 0 Å². The summed E-state index contributed by atoms with van der Waals surface area (Å²) in [6.45, 7) is 0.797. The lowest BCUT2D eigenvalue weighted by Gasteiger charge is -2.19. The van der Waals surface area contributed by atoms with Gasteiger partial charge in [-0.15, -0.1) is 0 Å². The van der Waals surface area contributed by atoms with E-state index >= 15 is 0 Å². The van der Waals surface area contributed by atoms with Gasteiger partial charge in [-0.25, -0.2) is 0 Å². The maximum atomic E-state index is 5.67. The molecular weight excluding hydrogens is 186 g/mol. The van der Waals surface area contributed by atoms with Crippen molar-refractivity contribution in [3.05, 3.63) is 35.9 Å². The van der Waals surface area contributed by atoms with Crippen LogP contribution in [0.5, 0.6) is 5.75 Å². The minimum absolute atomic E-state index is 0.797. The van der Waals surface area contributed by atoms with Gasteiger partial charge in [0, 0.05) is 29.9 Å². The minimum Gasteiger partial charge on any atom is -0.493 e. The number of anilines is 1. The van der Waals surface area contributed by atoms with Crippen LogP contribution in [-0.4, -0.2) is 13.7 Å². The Kier molecular flexibility index (Phi) is 1.81. The second-order valence-corrected chi connectivity index (χ2v) is 3.80. The van der Waals surface area contributed by atoms with E-state index in [-0.39, 0.29) is 0 Å². The van der Waals surface area contributed by atoms with E-state index in [1.165, 1.54) is 22.0 Å². The molecule has 0 fully saturated rings. The highest BCUT2D eigenvalue weighted by Gasteiger charge is 2.14. The molecule has 2 heteroatoms. The van der Waals surface area contributed by atoms with Crippen LogP contribution in [0, 0.1) is 0 Å². The summed E-state index contributed by atoms with van der Waals surface area (Å²) in [4.78, 5) is 0. The monoisotopic (exact) mass is 199 g/mol. The Morgan fingerprint density at radius 1 is 1.20 bits per heavy atom. The smallest absolute Gasteiger partial charge is 0.127 e. The summed E-state index contributed by atoms with van der Waals surface area (Å²) in [7, 11) is 1.95. The third kappa shape index (κ3) is 1.18. The van der Waals surface area contributed by atoms with Crippen molar-refractivity contribution in [1.29, 1.82) is 0 Å². The lowest BCUT2D eigenvalue weighted by molar-refractivity contribution is 0.318. The molecule has 1 aliphatic rings. The molecule has 1 heterocycles. The number of rotatable bonds is 1. The summed E-state index contributed by atoms with van der Waals surface area (Å²) in [5.74, 6) is 1.02. The molecule has 0 aromatic heterocycles. The molecule has 0 amide bonds. The maximum absolute atomic E-state index is 5.67. The Hall–Kier alpha value is -1.70. The first kappa shape index (κ1) is 8.60. The molecule has 3 rings (SSSR count). The Labute approximate surface area is 88.9 Å². The van der Waals surface area contributed by atoms with Crippen molar-refractivity contribution in [2.75, 3.05) is 19.0 Å². The van der Waals surface area contributed by atoms with Crippen molar-refractivity contribution in [2.24, 2.45) is 0 Å². The average molecular weight is 199 g/mol. The number of ether oxygens (including phenoxy) is 1. The van der Waals surface area contributed by atoms with Gasteiger partial charge in [-0.1, -0.05) is 18.2 Å². The van der Waals surface area contributed by atoms with Crippen molar-refractivity contribution in [3.63, 3.8) is 0 Å². The third-order valence-electron chi connectivity index (χ3n) is 2.99. The molecular formula is C13H13NO. The summed E-state index contributed by atoms with van der Waals surface area (Å²) >= 11 is 0. The van der Waals surface area contributed by atoms with Crippen molar-refractivity contribution in [2.45, 2.75) is 6.42 Å². The Balaban J connectivity index is 2.43. The van der Waals surface area contributed by atoms with E-state index in [0.717, 1.165) is 18.8 Å². The van der Waals surface area contributed by atoms with E-state index in [4.69, 9.17) is 4.74 Å². The fraction of sp³-hybridized carbons (Fsp3) is 0.231. The van der Waals surface area contributed by atoms with Crippen LogP contribution in [0.3, 0.4) is 0 Å². The quantitative estimate of drug-likeness (QED) is 0.762. The highest BCUT2D eigenvalue weighted by atomic mass is 16.5. The van der Waals surface area contributed by atoms with Gasteiger partial charge in [0.25, 0.3) is 0 Å². The van der Waals surface area contributed by atoms with Gasteiger partial charge >= 0.3 is 0 Å². The van der Waals surface area contributed by atoms with Crippen molar-refractivity contribution < 1.29 is 4.74 Å². The van der Waals surface area contributed by atoms with Crippen LogP contribution < -0.4 is 10.1 Å². The van der Waals surface area contributed by atoms with Gasteiger partial charge in [0.2, 0.25) is 0 Å². The molecule has 0 bridgehead atoms. The zero-order valence-electron chi connectivity index (χ0n) is 8.71. The standard InChI is InChI=1S/C13H13NO/c1-14-11-5-6-12-13-9(7-8-15-12)3-2-4-10(11)13/h2-6,14H,7-8H2,1H3. The Morgan fingerprint density at radius 2 is 2.13 bits per heavy atom. The zero-order chi connectivity index (χ0) is 10.3. The number of hydrogen-bond donors (Lipinski definition) is 1. The first-order valence-corrected chi connectivity index (χ1v) is 5.25. The van der Waals surface area contributed by atoms with Gasteiger partial charge in [0.05, 0.1) is 6.61 Å². The van der Waals surface area contributed by atoms with Gasteiger partial charge in [-0.05, 0) is 17.7 Å². The van der Waals surface area contributed by atoms with Gasteiger partial charge in [-0.2, -0.15) is 0 Å². The lowest BCUT2D eigenvalue weighted by Crippen LogP contribution is -2.08. The van der Waals surface area contributed by atoms with E-state index in [1.54, 1.807) is 0 Å². The molecule has 2 nitrogen and oxygen atoms in total. The van der Waals surface area contributed by atoms with E-state index in [0.29, 0.717) is 0 Å². The number of benzene rings is 2.